The predicted octanol–water partition coefficient (Wildman–Crippen LogP) is 9.70. The molecule has 7 heteroatoms. The van der Waals surface area contributed by atoms with E-state index in [4.69, 9.17) is 0 Å². The Labute approximate surface area is 240 Å². The van der Waals surface area contributed by atoms with Gasteiger partial charge in [-0.15, -0.1) is 11.3 Å². The minimum atomic E-state index is -4.42. The molecular weight excluding hydrogens is 539 g/mol. The SMILES string of the molecule is Cc1cc(C)c2ccc3c4c(cc(-c5ccccc5)c3c2c1)CCCC4c1nc(C(F)(F)F)cs1.c1cnccn1. The Balaban J connectivity index is 0.000000449. The minimum Gasteiger partial charge on any atom is -0.262 e. The van der Waals surface area contributed by atoms with Gasteiger partial charge in [-0.25, -0.2) is 4.98 Å². The topological polar surface area (TPSA) is 38.7 Å². The number of aromatic nitrogens is 3. The van der Waals surface area contributed by atoms with E-state index >= 15 is 0 Å². The molecule has 1 atom stereocenters. The van der Waals surface area contributed by atoms with Crippen molar-refractivity contribution in [2.24, 2.45) is 0 Å². The molecule has 0 fully saturated rings. The van der Waals surface area contributed by atoms with Gasteiger partial charge in [0.2, 0.25) is 0 Å². The van der Waals surface area contributed by atoms with E-state index in [2.05, 4.69) is 83.4 Å². The van der Waals surface area contributed by atoms with Crippen molar-refractivity contribution in [3.63, 3.8) is 0 Å². The minimum absolute atomic E-state index is 0.129. The highest BCUT2D eigenvalue weighted by Crippen LogP contribution is 2.47. The fourth-order valence-corrected chi connectivity index (χ4v) is 6.97. The normalized spacial score (nSPS) is 14.9. The number of nitrogens with zero attached hydrogens (tertiary/aromatic N) is 3. The van der Waals surface area contributed by atoms with Gasteiger partial charge in [0.1, 0.15) is 5.01 Å². The maximum Gasteiger partial charge on any atom is 0.434 e. The lowest BCUT2D eigenvalue weighted by atomic mass is 9.77. The number of halogens is 3. The summed E-state index contributed by atoms with van der Waals surface area (Å²) in [7, 11) is 0. The molecule has 0 saturated carbocycles. The van der Waals surface area contributed by atoms with Gasteiger partial charge in [0, 0.05) is 36.1 Å². The largest absolute Gasteiger partial charge is 0.434 e. The quantitative estimate of drug-likeness (QED) is 0.196. The van der Waals surface area contributed by atoms with Gasteiger partial charge in [-0.2, -0.15) is 13.2 Å². The highest BCUT2D eigenvalue weighted by molar-refractivity contribution is 7.09. The molecule has 6 aromatic rings. The van der Waals surface area contributed by atoms with Crippen molar-refractivity contribution in [2.45, 2.75) is 45.2 Å². The molecule has 206 valence electrons. The summed E-state index contributed by atoms with van der Waals surface area (Å²) in [6.45, 7) is 4.25. The van der Waals surface area contributed by atoms with Crippen molar-refractivity contribution in [3.05, 3.63) is 124 Å². The van der Waals surface area contributed by atoms with E-state index in [-0.39, 0.29) is 5.92 Å². The first kappa shape index (κ1) is 27.1. The van der Waals surface area contributed by atoms with Crippen LogP contribution in [0, 0.1) is 13.8 Å². The molecule has 3 nitrogen and oxygen atoms in total. The standard InChI is InChI=1S/C30H24F3NS.C4H4N2/c1-17-13-18(2)21-11-12-22-27-20(9-6-10-23(27)29-34-26(16-35-29)30(31,32)33)15-24(28(22)25(21)14-17)19-7-4-3-5-8-19;1-2-6-4-3-5-1/h3-5,7-8,11-16,23H,6,9-10H2,1-2H3;1-4H. The van der Waals surface area contributed by atoms with Crippen molar-refractivity contribution in [2.75, 3.05) is 0 Å². The van der Waals surface area contributed by atoms with Crippen LogP contribution in [0.1, 0.15) is 51.7 Å². The van der Waals surface area contributed by atoms with E-state index in [9.17, 15) is 13.2 Å². The van der Waals surface area contributed by atoms with E-state index in [1.54, 1.807) is 24.8 Å². The molecule has 0 spiro atoms. The van der Waals surface area contributed by atoms with Crippen LogP contribution >= 0.6 is 11.3 Å². The van der Waals surface area contributed by atoms with E-state index in [1.165, 1.54) is 38.4 Å². The van der Waals surface area contributed by atoms with Gasteiger partial charge in [-0.05, 0) is 82.5 Å². The first-order valence-corrected chi connectivity index (χ1v) is 14.5. The Hall–Kier alpha value is -4.10. The lowest BCUT2D eigenvalue weighted by Crippen LogP contribution is -2.13. The third kappa shape index (κ3) is 5.34. The van der Waals surface area contributed by atoms with Crippen LogP contribution in [0.2, 0.25) is 0 Å². The van der Waals surface area contributed by atoms with Crippen LogP contribution in [0.25, 0.3) is 32.7 Å². The zero-order chi connectivity index (χ0) is 28.6. The van der Waals surface area contributed by atoms with Gasteiger partial charge in [-0.3, -0.25) is 9.97 Å². The van der Waals surface area contributed by atoms with E-state index < -0.39 is 11.9 Å². The Morgan fingerprint density at radius 3 is 2.20 bits per heavy atom. The fraction of sp³-hybridized carbons (Fsp3) is 0.206. The smallest absolute Gasteiger partial charge is 0.262 e. The molecule has 4 aromatic carbocycles. The van der Waals surface area contributed by atoms with Crippen LogP contribution < -0.4 is 0 Å². The molecule has 0 bridgehead atoms. The molecule has 41 heavy (non-hydrogen) atoms. The van der Waals surface area contributed by atoms with Crippen LogP contribution in [-0.4, -0.2) is 15.0 Å². The lowest BCUT2D eigenvalue weighted by molar-refractivity contribution is -0.140. The van der Waals surface area contributed by atoms with Crippen LogP contribution in [0.15, 0.2) is 90.8 Å². The second-order valence-electron chi connectivity index (χ2n) is 10.4. The maximum atomic E-state index is 13.4. The molecule has 1 unspecified atom stereocenters. The monoisotopic (exact) mass is 567 g/mol. The van der Waals surface area contributed by atoms with Gasteiger partial charge in [-0.1, -0.05) is 66.2 Å². The number of thiazole rings is 1. The Bertz CT molecular complexity index is 1800. The molecule has 0 N–H and O–H groups in total. The van der Waals surface area contributed by atoms with E-state index in [0.29, 0.717) is 5.01 Å². The van der Waals surface area contributed by atoms with Crippen LogP contribution in [-0.2, 0) is 12.6 Å². The van der Waals surface area contributed by atoms with Crippen molar-refractivity contribution in [1.29, 1.82) is 0 Å². The summed E-state index contributed by atoms with van der Waals surface area (Å²) in [5, 5.41) is 6.44. The third-order valence-corrected chi connectivity index (χ3v) is 8.63. The number of aryl methyl sites for hydroxylation is 3. The zero-order valence-electron chi connectivity index (χ0n) is 22.7. The van der Waals surface area contributed by atoms with Crippen LogP contribution in [0.3, 0.4) is 0 Å². The van der Waals surface area contributed by atoms with Gasteiger partial charge >= 0.3 is 6.18 Å². The Morgan fingerprint density at radius 2 is 1.54 bits per heavy atom. The maximum absolute atomic E-state index is 13.4. The summed E-state index contributed by atoms with van der Waals surface area (Å²) in [6, 6.07) is 21.5. The molecule has 2 heterocycles. The average Bonchev–Trinajstić information content (AvgIpc) is 3.49. The molecule has 0 amide bonds. The first-order chi connectivity index (χ1) is 19.8. The number of hydrogen-bond donors (Lipinski definition) is 0. The van der Waals surface area contributed by atoms with Crippen LogP contribution in [0.4, 0.5) is 13.2 Å². The van der Waals surface area contributed by atoms with Crippen LogP contribution in [0.5, 0.6) is 0 Å². The second-order valence-corrected chi connectivity index (χ2v) is 11.3. The molecule has 1 aliphatic carbocycles. The van der Waals surface area contributed by atoms with Gasteiger partial charge < -0.3 is 0 Å². The van der Waals surface area contributed by atoms with Crippen molar-refractivity contribution in [1.82, 2.24) is 15.0 Å². The summed E-state index contributed by atoms with van der Waals surface area (Å²) in [5.41, 5.74) is 6.35. The number of benzene rings is 4. The van der Waals surface area contributed by atoms with Gasteiger partial charge in [0.25, 0.3) is 0 Å². The van der Waals surface area contributed by atoms with E-state index in [0.717, 1.165) is 52.5 Å². The molecule has 0 radical (unpaired) electrons. The zero-order valence-corrected chi connectivity index (χ0v) is 23.6. The lowest BCUT2D eigenvalue weighted by Gasteiger charge is -2.28. The van der Waals surface area contributed by atoms with Crippen molar-refractivity contribution >= 4 is 32.9 Å². The first-order valence-electron chi connectivity index (χ1n) is 13.6. The van der Waals surface area contributed by atoms with Crippen molar-refractivity contribution in [3.8, 4) is 11.1 Å². The summed E-state index contributed by atoms with van der Waals surface area (Å²) in [6.07, 6.45) is 4.80. The van der Waals surface area contributed by atoms with Gasteiger partial charge in [0.15, 0.2) is 5.69 Å². The molecular formula is C34H28F3N3S. The molecule has 2 aromatic heterocycles. The third-order valence-electron chi connectivity index (χ3n) is 7.67. The van der Waals surface area contributed by atoms with Crippen molar-refractivity contribution < 1.29 is 13.2 Å². The molecule has 1 aliphatic rings. The molecule has 7 rings (SSSR count). The number of hydrogen-bond acceptors (Lipinski definition) is 4. The summed E-state index contributed by atoms with van der Waals surface area (Å²) >= 11 is 1.13. The number of alkyl halides is 3. The average molecular weight is 568 g/mol. The molecule has 0 aliphatic heterocycles. The number of fused-ring (bicyclic) bond motifs is 5. The highest BCUT2D eigenvalue weighted by Gasteiger charge is 2.36. The van der Waals surface area contributed by atoms with E-state index in [1.807, 2.05) is 6.07 Å². The highest BCUT2D eigenvalue weighted by atomic mass is 32.1. The Morgan fingerprint density at radius 1 is 0.829 bits per heavy atom. The second kappa shape index (κ2) is 11.1. The summed E-state index contributed by atoms with van der Waals surface area (Å²) in [4.78, 5) is 11.5. The fourth-order valence-electron chi connectivity index (χ4n) is 6.00. The number of rotatable bonds is 2. The van der Waals surface area contributed by atoms with Gasteiger partial charge in [0.05, 0.1) is 0 Å². The summed E-state index contributed by atoms with van der Waals surface area (Å²) < 4.78 is 40.1. The predicted molar refractivity (Wildman–Crippen MR) is 160 cm³/mol. The Kier molecular flexibility index (Phi) is 7.30. The summed E-state index contributed by atoms with van der Waals surface area (Å²) in [5.74, 6) is -0.129. The molecule has 0 saturated heterocycles.